The molecule has 0 aromatic heterocycles. The standard InChI is InChI=1S/C28H38N2O3S/c1-28(2)19-13-16(14-25(31)32)7-8-20(19)29-11-9-22-17(26(28)29)15-18-23(33-22)10-12-30-21-5-3-4-6-24(21)34-27(18)30/h15-16,19-24H,3-14H2,1-2H3/p+1. The van der Waals surface area contributed by atoms with Gasteiger partial charge in [-0.2, -0.15) is 0 Å². The van der Waals surface area contributed by atoms with Crippen molar-refractivity contribution in [2.24, 2.45) is 17.3 Å². The first-order chi connectivity index (χ1) is 16.4. The lowest BCUT2D eigenvalue weighted by atomic mass is 9.66. The predicted octanol–water partition coefficient (Wildman–Crippen LogP) is 4.81. The summed E-state index contributed by atoms with van der Waals surface area (Å²) < 4.78 is 9.65. The van der Waals surface area contributed by atoms with E-state index >= 15 is 0 Å². The van der Waals surface area contributed by atoms with Gasteiger partial charge in [0.05, 0.1) is 23.0 Å². The third-order valence-electron chi connectivity index (χ3n) is 10.3. The molecule has 7 atom stereocenters. The van der Waals surface area contributed by atoms with Crippen LogP contribution in [-0.4, -0.2) is 68.2 Å². The summed E-state index contributed by atoms with van der Waals surface area (Å²) in [7, 11) is 0. The molecule has 2 saturated carbocycles. The fourth-order valence-corrected chi connectivity index (χ4v) is 10.6. The smallest absolute Gasteiger partial charge is 0.303 e. The summed E-state index contributed by atoms with van der Waals surface area (Å²) >= 11 is 2.16. The molecule has 0 aromatic carbocycles. The minimum absolute atomic E-state index is 0.0684. The SMILES string of the molecule is CC1(C)C2=C3C=C4C5=[N+](CCC4OC3CCN2C2CCC(CC(=O)O)CC21)C1CCCCC1S5. The molecule has 1 N–H and O–H groups in total. The van der Waals surface area contributed by atoms with E-state index in [1.165, 1.54) is 47.6 Å². The molecule has 0 spiro atoms. The Morgan fingerprint density at radius 1 is 1.18 bits per heavy atom. The molecule has 0 bridgehead atoms. The zero-order valence-electron chi connectivity index (χ0n) is 20.7. The van der Waals surface area contributed by atoms with Crippen LogP contribution in [0.25, 0.3) is 0 Å². The molecular formula is C28H39N2O3S+. The maximum Gasteiger partial charge on any atom is 0.303 e. The van der Waals surface area contributed by atoms with Gasteiger partial charge in [0.25, 0.3) is 0 Å². The van der Waals surface area contributed by atoms with Gasteiger partial charge in [0.1, 0.15) is 6.54 Å². The fraction of sp³-hybridized carbons (Fsp3) is 0.786. The van der Waals surface area contributed by atoms with Crippen molar-refractivity contribution in [3.05, 3.63) is 22.9 Å². The number of carbonyl (C=O) groups is 1. The number of hydrogen-bond acceptors (Lipinski definition) is 4. The fourth-order valence-electron chi connectivity index (χ4n) is 8.86. The molecule has 1 saturated heterocycles. The van der Waals surface area contributed by atoms with Crippen LogP contribution in [0.1, 0.15) is 78.1 Å². The van der Waals surface area contributed by atoms with Crippen LogP contribution in [-0.2, 0) is 9.53 Å². The van der Waals surface area contributed by atoms with Crippen LogP contribution in [0.5, 0.6) is 0 Å². The van der Waals surface area contributed by atoms with Gasteiger partial charge in [-0.15, -0.1) is 0 Å². The summed E-state index contributed by atoms with van der Waals surface area (Å²) in [5.41, 5.74) is 4.52. The molecule has 7 aliphatic rings. The van der Waals surface area contributed by atoms with Gasteiger partial charge in [0.2, 0.25) is 5.04 Å². The van der Waals surface area contributed by atoms with Crippen LogP contribution >= 0.6 is 11.8 Å². The second kappa shape index (κ2) is 7.86. The van der Waals surface area contributed by atoms with E-state index in [9.17, 15) is 9.90 Å². The van der Waals surface area contributed by atoms with Crippen LogP contribution in [0.3, 0.4) is 0 Å². The first kappa shape index (κ1) is 22.0. The molecule has 0 radical (unpaired) electrons. The Hall–Kier alpha value is -1.27. The molecule has 5 heterocycles. The van der Waals surface area contributed by atoms with Crippen LogP contribution in [0.4, 0.5) is 0 Å². The molecule has 0 aromatic rings. The first-order valence-corrected chi connectivity index (χ1v) is 14.7. The van der Waals surface area contributed by atoms with Crippen molar-refractivity contribution in [1.82, 2.24) is 4.90 Å². The van der Waals surface area contributed by atoms with E-state index in [0.717, 1.165) is 56.5 Å². The predicted molar refractivity (Wildman–Crippen MR) is 134 cm³/mol. The van der Waals surface area contributed by atoms with Gasteiger partial charge in [0, 0.05) is 48.5 Å². The van der Waals surface area contributed by atoms with Crippen molar-refractivity contribution < 1.29 is 19.2 Å². The quantitative estimate of drug-likeness (QED) is 0.571. The maximum absolute atomic E-state index is 11.4. The topological polar surface area (TPSA) is 52.8 Å². The Morgan fingerprint density at radius 2 is 2.03 bits per heavy atom. The van der Waals surface area contributed by atoms with Gasteiger partial charge >= 0.3 is 5.97 Å². The van der Waals surface area contributed by atoms with E-state index in [1.807, 2.05) is 0 Å². The highest BCUT2D eigenvalue weighted by atomic mass is 32.2. The van der Waals surface area contributed by atoms with Gasteiger partial charge in [-0.25, -0.2) is 4.58 Å². The molecule has 5 nitrogen and oxygen atoms in total. The van der Waals surface area contributed by atoms with E-state index in [1.54, 1.807) is 0 Å². The van der Waals surface area contributed by atoms with Crippen molar-refractivity contribution in [3.63, 3.8) is 0 Å². The van der Waals surface area contributed by atoms with Crippen LogP contribution in [0.2, 0.25) is 0 Å². The van der Waals surface area contributed by atoms with E-state index < -0.39 is 5.97 Å². The average Bonchev–Trinajstić information content (AvgIpc) is 3.31. The average molecular weight is 484 g/mol. The number of nitrogens with zero attached hydrogens (tertiary/aromatic N) is 2. The van der Waals surface area contributed by atoms with E-state index in [0.29, 0.717) is 24.3 Å². The van der Waals surface area contributed by atoms with Crippen molar-refractivity contribution in [2.75, 3.05) is 13.1 Å². The number of ether oxygens (including phenoxy) is 1. The summed E-state index contributed by atoms with van der Waals surface area (Å²) in [5, 5.41) is 11.7. The van der Waals surface area contributed by atoms with Gasteiger partial charge in [0.15, 0.2) is 6.04 Å². The Morgan fingerprint density at radius 3 is 2.88 bits per heavy atom. The summed E-state index contributed by atoms with van der Waals surface area (Å²) in [6.07, 6.45) is 14.4. The Bertz CT molecular complexity index is 1010. The van der Waals surface area contributed by atoms with Crippen LogP contribution < -0.4 is 0 Å². The summed E-state index contributed by atoms with van der Waals surface area (Å²) in [5.74, 6) is 0.234. The molecule has 34 heavy (non-hydrogen) atoms. The van der Waals surface area contributed by atoms with Gasteiger partial charge in [-0.1, -0.05) is 20.3 Å². The lowest BCUT2D eigenvalue weighted by Gasteiger charge is -2.43. The second-order valence-corrected chi connectivity index (χ2v) is 13.7. The minimum Gasteiger partial charge on any atom is -0.481 e. The van der Waals surface area contributed by atoms with Crippen molar-refractivity contribution >= 4 is 22.8 Å². The summed E-state index contributed by atoms with van der Waals surface area (Å²) in [6.45, 7) is 7.12. The van der Waals surface area contributed by atoms with Crippen molar-refractivity contribution in [3.8, 4) is 0 Å². The number of hydrogen-bond donors (Lipinski definition) is 1. The molecule has 0 amide bonds. The number of allylic oxidation sites excluding steroid dienone is 1. The first-order valence-electron chi connectivity index (χ1n) is 13.8. The van der Waals surface area contributed by atoms with Gasteiger partial charge < -0.3 is 14.7 Å². The number of carboxylic acids is 1. The van der Waals surface area contributed by atoms with Gasteiger partial charge in [-0.3, -0.25) is 4.79 Å². The normalized spacial score (nSPS) is 42.2. The zero-order valence-corrected chi connectivity index (χ0v) is 21.5. The van der Waals surface area contributed by atoms with Crippen molar-refractivity contribution in [2.45, 2.75) is 108 Å². The highest BCUT2D eigenvalue weighted by Gasteiger charge is 2.57. The third-order valence-corrected chi connectivity index (χ3v) is 11.9. The maximum atomic E-state index is 11.4. The molecular weight excluding hydrogens is 444 g/mol. The monoisotopic (exact) mass is 483 g/mol. The second-order valence-electron chi connectivity index (χ2n) is 12.5. The van der Waals surface area contributed by atoms with E-state index in [4.69, 9.17) is 4.74 Å². The number of rotatable bonds is 2. The number of fused-ring (bicyclic) bond motifs is 8. The Balaban J connectivity index is 1.28. The van der Waals surface area contributed by atoms with Crippen molar-refractivity contribution in [1.29, 1.82) is 0 Å². The summed E-state index contributed by atoms with van der Waals surface area (Å²) in [4.78, 5) is 14.2. The molecule has 5 aliphatic heterocycles. The molecule has 184 valence electrons. The zero-order chi connectivity index (χ0) is 23.2. The molecule has 2 aliphatic carbocycles. The molecule has 7 rings (SSSR count). The minimum atomic E-state index is -0.635. The largest absolute Gasteiger partial charge is 0.481 e. The third kappa shape index (κ3) is 3.16. The molecule has 3 fully saturated rings. The van der Waals surface area contributed by atoms with E-state index in [2.05, 4.69) is 41.2 Å². The highest BCUT2D eigenvalue weighted by Crippen LogP contribution is 2.58. The van der Waals surface area contributed by atoms with E-state index in [-0.39, 0.29) is 17.6 Å². The number of carboxylic acid groups (broad SMARTS) is 1. The van der Waals surface area contributed by atoms with Gasteiger partial charge in [-0.05, 0) is 68.2 Å². The van der Waals surface area contributed by atoms with Crippen LogP contribution in [0.15, 0.2) is 22.9 Å². The number of aliphatic carboxylic acids is 1. The number of thioether (sulfide) groups is 1. The lowest BCUT2D eigenvalue weighted by molar-refractivity contribution is -0.566. The summed E-state index contributed by atoms with van der Waals surface area (Å²) in [6, 6.07) is 1.31. The lowest BCUT2D eigenvalue weighted by Crippen LogP contribution is -2.46. The molecule has 6 heteroatoms. The Kier molecular flexibility index (Phi) is 5.08. The highest BCUT2D eigenvalue weighted by molar-refractivity contribution is 8.15. The van der Waals surface area contributed by atoms with Crippen LogP contribution in [0, 0.1) is 17.3 Å². The Labute approximate surface area is 207 Å². The molecule has 7 unspecified atom stereocenters.